The topological polar surface area (TPSA) is 27.7 Å². The van der Waals surface area contributed by atoms with Crippen LogP contribution in [-0.2, 0) is 6.54 Å². The summed E-state index contributed by atoms with van der Waals surface area (Å²) in [5.41, 5.74) is 0.753. The van der Waals surface area contributed by atoms with Gasteiger partial charge in [-0.1, -0.05) is 84.0 Å². The predicted octanol–water partition coefficient (Wildman–Crippen LogP) is 6.33. The number of nitrogens with zero attached hydrogens (tertiary/aromatic N) is 2. The van der Waals surface area contributed by atoms with Gasteiger partial charge in [0.1, 0.15) is 18.2 Å². The minimum Gasteiger partial charge on any atom is -0.204 e. The normalized spacial score (nSPS) is 10.7. The Balaban J connectivity index is 1.83. The summed E-state index contributed by atoms with van der Waals surface area (Å²) in [4.78, 5) is 0. The fraction of sp³-hybridized carbons (Fsp3) is 0.727. The maximum atomic E-state index is 8.89. The molecule has 0 saturated heterocycles. The van der Waals surface area contributed by atoms with Crippen LogP contribution in [0.25, 0.3) is 0 Å². The maximum Gasteiger partial charge on any atom is 0.186 e. The molecular formula is C22H37N2+. The van der Waals surface area contributed by atoms with Crippen molar-refractivity contribution in [3.8, 4) is 6.07 Å². The third kappa shape index (κ3) is 11.2. The number of nitriles is 1. The zero-order valence-electron chi connectivity index (χ0n) is 15.8. The Hall–Kier alpha value is -1.36. The van der Waals surface area contributed by atoms with Crippen LogP contribution in [0.1, 0.15) is 102 Å². The summed E-state index contributed by atoms with van der Waals surface area (Å²) >= 11 is 0. The zero-order valence-corrected chi connectivity index (χ0v) is 15.8. The van der Waals surface area contributed by atoms with Crippen molar-refractivity contribution >= 4 is 0 Å². The summed E-state index contributed by atoms with van der Waals surface area (Å²) in [7, 11) is 0. The molecule has 1 aromatic heterocycles. The van der Waals surface area contributed by atoms with E-state index in [1.165, 1.54) is 89.9 Å². The Kier molecular flexibility index (Phi) is 13.1. The summed E-state index contributed by atoms with van der Waals surface area (Å²) in [6.45, 7) is 3.32. The third-order valence-corrected chi connectivity index (χ3v) is 4.76. The lowest BCUT2D eigenvalue weighted by molar-refractivity contribution is -0.697. The summed E-state index contributed by atoms with van der Waals surface area (Å²) in [6, 6.07) is 6.02. The second-order valence-corrected chi connectivity index (χ2v) is 7.04. The maximum absolute atomic E-state index is 8.89. The molecule has 1 rings (SSSR count). The largest absolute Gasteiger partial charge is 0.204 e. The van der Waals surface area contributed by atoms with Gasteiger partial charge in [-0.25, -0.2) is 4.57 Å². The van der Waals surface area contributed by atoms with Crippen LogP contribution in [0.2, 0.25) is 0 Å². The highest BCUT2D eigenvalue weighted by atomic mass is 14.9. The molecule has 0 unspecified atom stereocenters. The second-order valence-electron chi connectivity index (χ2n) is 7.04. The smallest absolute Gasteiger partial charge is 0.186 e. The van der Waals surface area contributed by atoms with Crippen molar-refractivity contribution < 1.29 is 4.57 Å². The van der Waals surface area contributed by atoms with E-state index in [-0.39, 0.29) is 0 Å². The molecule has 0 bridgehead atoms. The third-order valence-electron chi connectivity index (χ3n) is 4.76. The summed E-state index contributed by atoms with van der Waals surface area (Å²) in [5, 5.41) is 8.89. The van der Waals surface area contributed by atoms with E-state index < -0.39 is 0 Å². The van der Waals surface area contributed by atoms with Crippen molar-refractivity contribution in [2.45, 2.75) is 103 Å². The fourth-order valence-electron chi connectivity index (χ4n) is 3.22. The standard InChI is InChI=1S/C22H37N2/c1-2-3-4-5-6-7-8-9-10-11-12-13-14-15-18-24-19-16-17-22(20-23)21-24/h16-17,19,21H,2-15,18H2,1H3/q+1. The summed E-state index contributed by atoms with van der Waals surface area (Å²) in [5.74, 6) is 0. The molecular weight excluding hydrogens is 292 g/mol. The van der Waals surface area contributed by atoms with Crippen LogP contribution in [0.4, 0.5) is 0 Å². The zero-order chi connectivity index (χ0) is 17.3. The molecule has 0 aliphatic rings. The Labute approximate surface area is 149 Å². The Bertz CT molecular complexity index is 448. The number of rotatable bonds is 15. The van der Waals surface area contributed by atoms with Crippen molar-refractivity contribution in [3.05, 3.63) is 30.1 Å². The van der Waals surface area contributed by atoms with Crippen molar-refractivity contribution in [3.63, 3.8) is 0 Å². The van der Waals surface area contributed by atoms with Crippen LogP contribution >= 0.6 is 0 Å². The van der Waals surface area contributed by atoms with E-state index in [1.54, 1.807) is 0 Å². The van der Waals surface area contributed by atoms with Crippen LogP contribution in [0.3, 0.4) is 0 Å². The van der Waals surface area contributed by atoms with Gasteiger partial charge in [0, 0.05) is 12.5 Å². The van der Waals surface area contributed by atoms with Crippen LogP contribution < -0.4 is 4.57 Å². The molecule has 24 heavy (non-hydrogen) atoms. The molecule has 0 fully saturated rings. The van der Waals surface area contributed by atoms with E-state index in [1.807, 2.05) is 18.3 Å². The number of hydrogen-bond acceptors (Lipinski definition) is 1. The van der Waals surface area contributed by atoms with Crippen molar-refractivity contribution in [2.75, 3.05) is 0 Å². The SMILES string of the molecule is CCCCCCCCCCCCCCCC[n+]1cccc(C#N)c1. The van der Waals surface area contributed by atoms with E-state index in [2.05, 4.69) is 23.8 Å². The average molecular weight is 330 g/mol. The van der Waals surface area contributed by atoms with Gasteiger partial charge in [0.2, 0.25) is 0 Å². The molecule has 0 radical (unpaired) electrons. The van der Waals surface area contributed by atoms with Crippen LogP contribution in [0.15, 0.2) is 24.5 Å². The van der Waals surface area contributed by atoms with E-state index in [0.717, 1.165) is 12.1 Å². The Morgan fingerprint density at radius 3 is 1.79 bits per heavy atom. The van der Waals surface area contributed by atoms with E-state index >= 15 is 0 Å². The lowest BCUT2D eigenvalue weighted by Crippen LogP contribution is -2.32. The van der Waals surface area contributed by atoms with E-state index in [4.69, 9.17) is 5.26 Å². The second kappa shape index (κ2) is 15.2. The summed E-state index contributed by atoms with van der Waals surface area (Å²) in [6.07, 6.45) is 23.5. The lowest BCUT2D eigenvalue weighted by atomic mass is 10.0. The van der Waals surface area contributed by atoms with Crippen molar-refractivity contribution in [1.82, 2.24) is 0 Å². The Morgan fingerprint density at radius 2 is 1.29 bits per heavy atom. The molecule has 0 aromatic carbocycles. The molecule has 2 heteroatoms. The first-order chi connectivity index (χ1) is 11.9. The molecule has 0 aliphatic carbocycles. The molecule has 134 valence electrons. The minimum atomic E-state index is 0.753. The minimum absolute atomic E-state index is 0.753. The monoisotopic (exact) mass is 329 g/mol. The molecule has 0 spiro atoms. The highest BCUT2D eigenvalue weighted by Crippen LogP contribution is 2.12. The average Bonchev–Trinajstić information content (AvgIpc) is 2.62. The number of aryl methyl sites for hydroxylation is 1. The molecule has 2 nitrogen and oxygen atoms in total. The predicted molar refractivity (Wildman–Crippen MR) is 102 cm³/mol. The van der Waals surface area contributed by atoms with Crippen LogP contribution in [0, 0.1) is 11.3 Å². The van der Waals surface area contributed by atoms with Crippen molar-refractivity contribution in [2.24, 2.45) is 0 Å². The van der Waals surface area contributed by atoms with Crippen molar-refractivity contribution in [1.29, 1.82) is 5.26 Å². The van der Waals surface area contributed by atoms with Gasteiger partial charge in [-0.15, -0.1) is 0 Å². The first-order valence-corrected chi connectivity index (χ1v) is 10.3. The van der Waals surface area contributed by atoms with Crippen LogP contribution in [0.5, 0.6) is 0 Å². The Morgan fingerprint density at radius 1 is 0.792 bits per heavy atom. The van der Waals surface area contributed by atoms with Gasteiger partial charge < -0.3 is 0 Å². The first kappa shape index (κ1) is 20.7. The quantitative estimate of drug-likeness (QED) is 0.273. The lowest BCUT2D eigenvalue weighted by Gasteiger charge is -2.03. The molecule has 0 aliphatic heterocycles. The number of pyridine rings is 1. The molecule has 0 saturated carbocycles. The fourth-order valence-corrected chi connectivity index (χ4v) is 3.22. The van der Waals surface area contributed by atoms with Gasteiger partial charge >= 0.3 is 0 Å². The van der Waals surface area contributed by atoms with E-state index in [0.29, 0.717) is 0 Å². The molecule has 0 N–H and O–H groups in total. The van der Waals surface area contributed by atoms with Crippen LogP contribution in [-0.4, -0.2) is 0 Å². The first-order valence-electron chi connectivity index (χ1n) is 10.3. The van der Waals surface area contributed by atoms with Gasteiger partial charge in [0.05, 0.1) is 0 Å². The summed E-state index contributed by atoms with van der Waals surface area (Å²) < 4.78 is 2.14. The van der Waals surface area contributed by atoms with E-state index in [9.17, 15) is 0 Å². The molecule has 0 atom stereocenters. The van der Waals surface area contributed by atoms with Gasteiger partial charge in [-0.2, -0.15) is 5.26 Å². The highest BCUT2D eigenvalue weighted by molar-refractivity contribution is 5.21. The van der Waals surface area contributed by atoms with Gasteiger partial charge in [0.15, 0.2) is 12.4 Å². The molecule has 1 aromatic rings. The number of unbranched alkanes of at least 4 members (excludes halogenated alkanes) is 13. The molecule has 1 heterocycles. The van der Waals surface area contributed by atoms with Gasteiger partial charge in [-0.3, -0.25) is 0 Å². The number of hydrogen-bond donors (Lipinski definition) is 0. The van der Waals surface area contributed by atoms with Gasteiger partial charge in [-0.05, 0) is 12.5 Å². The number of aromatic nitrogens is 1. The van der Waals surface area contributed by atoms with Gasteiger partial charge in [0.25, 0.3) is 0 Å². The highest BCUT2D eigenvalue weighted by Gasteiger charge is 2.01. The molecule has 0 amide bonds.